The van der Waals surface area contributed by atoms with Gasteiger partial charge in [0.1, 0.15) is 33.4 Å². The van der Waals surface area contributed by atoms with E-state index < -0.39 is 0 Å². The molecule has 0 bridgehead atoms. The number of pyridine rings is 6. The first-order valence-corrected chi connectivity index (χ1v) is 49.4. The number of ketones is 1. The highest BCUT2D eigenvalue weighted by Gasteiger charge is 2.23. The lowest BCUT2D eigenvalue weighted by atomic mass is 10.1. The largest absolute Gasteiger partial charge is 0.346 e. The van der Waals surface area contributed by atoms with Crippen LogP contribution in [0.3, 0.4) is 0 Å². The van der Waals surface area contributed by atoms with Crippen molar-refractivity contribution < 1.29 is 9.59 Å². The molecule has 0 aliphatic carbocycles. The summed E-state index contributed by atoms with van der Waals surface area (Å²) in [6, 6.07) is 39.8. The second kappa shape index (κ2) is 50.3. The van der Waals surface area contributed by atoms with Crippen molar-refractivity contribution in [3.63, 3.8) is 0 Å². The number of H-pyrrole nitrogens is 1. The molecular weight excluding hydrogens is 1850 g/mol. The third kappa shape index (κ3) is 26.6. The van der Waals surface area contributed by atoms with E-state index in [0.29, 0.717) is 108 Å². The average Bonchev–Trinajstić information content (AvgIpc) is 1.66. The first-order chi connectivity index (χ1) is 70.7. The number of carbonyl (C=O) groups is 2. The quantitative estimate of drug-likeness (QED) is 0.119. The van der Waals surface area contributed by atoms with Crippen molar-refractivity contribution in [1.29, 1.82) is 0 Å². The first-order valence-electron chi connectivity index (χ1n) is 49.4. The molecule has 762 valence electrons. The van der Waals surface area contributed by atoms with Crippen molar-refractivity contribution in [3.8, 4) is 0 Å². The number of aromatic amines is 1. The molecule has 0 aromatic carbocycles. The maximum absolute atomic E-state index is 11.4. The van der Waals surface area contributed by atoms with Crippen molar-refractivity contribution >= 4 is 130 Å². The third-order valence-corrected chi connectivity index (χ3v) is 23.2. The normalized spacial score (nSPS) is 11.9. The van der Waals surface area contributed by atoms with E-state index in [9.17, 15) is 14.4 Å². The molecule has 0 unspecified atom stereocenters. The fraction of sp³-hybridized carbons (Fsp3) is 0.355. The van der Waals surface area contributed by atoms with Gasteiger partial charge in [0.15, 0.2) is 62.5 Å². The molecule has 0 fully saturated rings. The Morgan fingerprint density at radius 3 is 1.50 bits per heavy atom. The predicted molar refractivity (Wildman–Crippen MR) is 577 cm³/mol. The number of carbonyl (C=O) groups excluding carboxylic acids is 2. The van der Waals surface area contributed by atoms with Crippen LogP contribution in [0.2, 0.25) is 0 Å². The van der Waals surface area contributed by atoms with Gasteiger partial charge in [0.05, 0.1) is 103 Å². The fourth-order valence-electron chi connectivity index (χ4n) is 15.3. The monoisotopic (exact) mass is 1980 g/mol. The van der Waals surface area contributed by atoms with Crippen molar-refractivity contribution in [2.45, 2.75) is 251 Å². The fourth-order valence-corrected chi connectivity index (χ4v) is 15.3. The minimum atomic E-state index is -0.0341. The number of imidazole rings is 6. The van der Waals surface area contributed by atoms with Gasteiger partial charge >= 0.3 is 0 Å². The van der Waals surface area contributed by atoms with Crippen molar-refractivity contribution in [2.24, 2.45) is 9.98 Å². The predicted octanol–water partition coefficient (Wildman–Crippen LogP) is 21.8. The highest BCUT2D eigenvalue weighted by Crippen LogP contribution is 2.31. The smallest absolute Gasteiger partial charge is 0.254 e. The van der Waals surface area contributed by atoms with E-state index >= 15 is 0 Å². The van der Waals surface area contributed by atoms with E-state index in [1.165, 1.54) is 32.9 Å². The van der Waals surface area contributed by atoms with Gasteiger partial charge in [-0.15, -0.1) is 15.3 Å². The standard InChI is InChI=1S/2C10H12N2.3C9H11N3O.4C9H11N3.3C8H10N4/c1-8(2)10-6-5-9-4-3-7-11-12(9)10;1-8(2)12-7-5-9-4-3-6-11-10(9)12;1-6(2)7-5-11-12-8(13)3-4-10-9(7)12;2*1-6(2)12-5-11-8-7(13)3-4-10-9(8)12;1-7(2)12-6-11-8-3-4-10-5-9(8)12;1-7(2)8-6-11-12-5-3-4-10-9(8)12;1-7(2)8-6-10-9-4-3-5-11-12(8)9;1-7(2)12-6-11-8-4-3-5-10-9(8)12;1-6(2)12-5-9-7-3-4-10-11-8(7)12;2*1-6(2)12-8-7(10-11-12)4-3-5-9-8/h2*3-8H,1-2H3;2*4-6H,3H2,1-2H3;3-6H,1-2H3,(H,10,13);4*3-7H,1-2H3;3*3-6H,1-2H3. The SMILES string of the molecule is CC(C)c1ccc2cccnn12.CC(C)c1cnc2cccnn12.CC(C)c1cnn2c1N=CCC2=O.CC(C)c1cnn2cccnc12.CC(C)n1ccc2cccnc21.CC(C)n1cnc2c(=O)cc[nH]c21.CC(C)n1cnc2c1N=CCC2=O.CC(C)n1cnc2cccnc21.CC(C)n1cnc2ccncc21.CC(C)n1cnc2ccnnc21.CC(C)n1nnc2cccnc21.CC(C)n1nnc2cccnc21. The lowest BCUT2D eigenvalue weighted by Gasteiger charge is -2.10. The van der Waals surface area contributed by atoms with Crippen LogP contribution in [0.1, 0.15) is 289 Å². The Bertz CT molecular complexity index is 6930. The number of aliphatic imine (C=N–C) groups is 2. The van der Waals surface area contributed by atoms with E-state index in [1.54, 1.807) is 91.7 Å². The lowest BCUT2D eigenvalue weighted by molar-refractivity contribution is 0.0906. The number of rotatable bonds is 12. The Balaban J connectivity index is 0.000000134. The Hall–Kier alpha value is -17.0. The number of nitrogens with zero attached hydrogens (tertiary/aromatic N) is 36. The van der Waals surface area contributed by atoms with Crippen LogP contribution in [0.25, 0.3) is 94.7 Å². The van der Waals surface area contributed by atoms with Crippen molar-refractivity contribution in [2.75, 3.05) is 0 Å². The molecule has 0 spiro atoms. The highest BCUT2D eigenvalue weighted by molar-refractivity contribution is 6.08. The summed E-state index contributed by atoms with van der Waals surface area (Å²) < 4.78 is 22.9. The second-order valence-corrected chi connectivity index (χ2v) is 38.0. The molecule has 0 atom stereocenters. The topological polar surface area (TPSA) is 433 Å². The van der Waals surface area contributed by atoms with Crippen LogP contribution in [0.4, 0.5) is 11.6 Å². The van der Waals surface area contributed by atoms with Crippen molar-refractivity contribution in [3.05, 3.63) is 284 Å². The number of fused-ring (bicyclic) bond motifs is 12. The van der Waals surface area contributed by atoms with E-state index in [4.69, 9.17) is 0 Å². The Kier molecular flexibility index (Phi) is 36.7. The number of hydrogen-bond donors (Lipinski definition) is 1. The van der Waals surface area contributed by atoms with Gasteiger partial charge in [-0.3, -0.25) is 19.4 Å². The zero-order chi connectivity index (χ0) is 105. The van der Waals surface area contributed by atoms with Gasteiger partial charge in [-0.05, 0) is 244 Å². The molecule has 0 amide bonds. The minimum absolute atomic E-state index is 0.00287. The molecule has 40 nitrogen and oxygen atoms in total. The summed E-state index contributed by atoms with van der Waals surface area (Å²) in [6.45, 7) is 50.5. The Morgan fingerprint density at radius 1 is 0.340 bits per heavy atom. The van der Waals surface area contributed by atoms with Gasteiger partial charge in [-0.2, -0.15) is 30.2 Å². The number of hydrogen-bond acceptors (Lipinski definition) is 27. The summed E-state index contributed by atoms with van der Waals surface area (Å²) in [5.74, 6) is 3.29. The summed E-state index contributed by atoms with van der Waals surface area (Å²) in [6.07, 6.45) is 41.8. The summed E-state index contributed by atoms with van der Waals surface area (Å²) in [5.41, 5.74) is 19.8. The zero-order valence-electron chi connectivity index (χ0n) is 87.9. The lowest BCUT2D eigenvalue weighted by Crippen LogP contribution is -2.15. The van der Waals surface area contributed by atoms with Gasteiger partial charge in [0, 0.05) is 152 Å². The van der Waals surface area contributed by atoms with Crippen LogP contribution in [0.5, 0.6) is 0 Å². The molecule has 22 aromatic heterocycles. The minimum Gasteiger partial charge on any atom is -0.346 e. The molecule has 40 heteroatoms. The van der Waals surface area contributed by atoms with E-state index in [-0.39, 0.29) is 17.1 Å². The van der Waals surface area contributed by atoms with Crippen LogP contribution >= 0.6 is 0 Å². The molecule has 0 saturated carbocycles. The van der Waals surface area contributed by atoms with E-state index in [1.807, 2.05) is 188 Å². The molecule has 1 N–H and O–H groups in total. The first kappa shape index (κ1) is 107. The van der Waals surface area contributed by atoms with Gasteiger partial charge < -0.3 is 32.4 Å². The highest BCUT2D eigenvalue weighted by atomic mass is 16.2. The molecule has 0 saturated heterocycles. The van der Waals surface area contributed by atoms with E-state index in [0.717, 1.165) is 89.5 Å². The average molecular weight is 1980 g/mol. The maximum atomic E-state index is 11.4. The molecule has 2 aliphatic rings. The third-order valence-electron chi connectivity index (χ3n) is 23.2. The molecular formula is C107H131N37O3. The Labute approximate surface area is 851 Å². The summed E-state index contributed by atoms with van der Waals surface area (Å²) in [7, 11) is 0. The summed E-state index contributed by atoms with van der Waals surface area (Å²) in [4.78, 5) is 95.8. The van der Waals surface area contributed by atoms with E-state index in [2.05, 4.69) is 315 Å². The second-order valence-electron chi connectivity index (χ2n) is 38.0. The Morgan fingerprint density at radius 2 is 0.871 bits per heavy atom. The number of aromatic nitrogens is 35. The van der Waals surface area contributed by atoms with Crippen LogP contribution < -0.4 is 5.43 Å². The summed E-state index contributed by atoms with van der Waals surface area (Å²) in [5, 5.41) is 41.7. The molecule has 2 aliphatic heterocycles. The van der Waals surface area contributed by atoms with Crippen LogP contribution in [0.15, 0.2) is 261 Å². The molecule has 147 heavy (non-hydrogen) atoms. The van der Waals surface area contributed by atoms with Crippen molar-refractivity contribution in [1.82, 2.24) is 171 Å². The van der Waals surface area contributed by atoms with Crippen LogP contribution in [-0.2, 0) is 0 Å². The number of Topliss-reactive ketones (excluding diaryl/α,β-unsaturated/α-hetero) is 1. The van der Waals surface area contributed by atoms with Crippen LogP contribution in [0, 0.1) is 0 Å². The molecule has 0 radical (unpaired) electrons. The van der Waals surface area contributed by atoms with Gasteiger partial charge in [0.25, 0.3) is 5.91 Å². The molecule has 24 rings (SSSR count). The summed E-state index contributed by atoms with van der Waals surface area (Å²) >= 11 is 0. The molecule has 24 heterocycles. The van der Waals surface area contributed by atoms with Gasteiger partial charge in [-0.25, -0.2) is 87.7 Å². The maximum Gasteiger partial charge on any atom is 0.254 e. The van der Waals surface area contributed by atoms with Gasteiger partial charge in [0.2, 0.25) is 5.43 Å². The van der Waals surface area contributed by atoms with Crippen LogP contribution in [-0.4, -0.2) is 195 Å². The van der Waals surface area contributed by atoms with Gasteiger partial charge in [-0.1, -0.05) is 65.8 Å². The number of nitrogens with one attached hydrogen (secondary N) is 1. The molecule has 22 aromatic rings. The zero-order valence-corrected chi connectivity index (χ0v) is 87.9.